The summed E-state index contributed by atoms with van der Waals surface area (Å²) in [4.78, 5) is 13.0. The molecule has 0 radical (unpaired) electrons. The van der Waals surface area contributed by atoms with E-state index in [2.05, 4.69) is 5.32 Å². The van der Waals surface area contributed by atoms with Gasteiger partial charge in [-0.15, -0.1) is 0 Å². The lowest BCUT2D eigenvalue weighted by atomic mass is 10.2. The van der Waals surface area contributed by atoms with Crippen LogP contribution >= 0.6 is 11.6 Å². The molecule has 128 valence electrons. The summed E-state index contributed by atoms with van der Waals surface area (Å²) in [5, 5.41) is 3.50. The first-order chi connectivity index (χ1) is 11.5. The Morgan fingerprint density at radius 2 is 2.04 bits per heavy atom. The van der Waals surface area contributed by atoms with E-state index in [0.29, 0.717) is 24.7 Å². The van der Waals surface area contributed by atoms with Crippen LogP contribution in [0.3, 0.4) is 0 Å². The van der Waals surface area contributed by atoms with E-state index in [-0.39, 0.29) is 11.7 Å². The zero-order chi connectivity index (χ0) is 17.5. The molecule has 6 heteroatoms. The van der Waals surface area contributed by atoms with E-state index < -0.39 is 5.82 Å². The number of benzene rings is 2. The average Bonchev–Trinajstić information content (AvgIpc) is 2.53. The number of rotatable bonds is 7. The van der Waals surface area contributed by atoms with Crippen molar-refractivity contribution in [2.75, 3.05) is 20.7 Å². The molecule has 2 aromatic rings. The summed E-state index contributed by atoms with van der Waals surface area (Å²) in [6.45, 7) is 1.28. The van der Waals surface area contributed by atoms with Crippen LogP contribution in [0, 0.1) is 5.82 Å². The second-order valence-corrected chi connectivity index (χ2v) is 6.12. The minimum absolute atomic E-state index is 0.0681. The molecular weight excluding hydrogens is 331 g/mol. The molecule has 0 fully saturated rings. The number of hydrogen-bond donors (Lipinski definition) is 2. The number of hydrogen-bond acceptors (Lipinski definition) is 2. The molecule has 0 saturated heterocycles. The Bertz CT molecular complexity index is 709. The van der Waals surface area contributed by atoms with Crippen molar-refractivity contribution in [2.45, 2.75) is 13.1 Å². The van der Waals surface area contributed by atoms with Crippen molar-refractivity contribution in [1.82, 2.24) is 5.32 Å². The number of amides is 1. The molecule has 0 spiro atoms. The molecule has 0 aromatic heterocycles. The van der Waals surface area contributed by atoms with Crippen molar-refractivity contribution >= 4 is 17.5 Å². The van der Waals surface area contributed by atoms with Crippen LogP contribution in [-0.2, 0) is 17.9 Å². The molecule has 2 rings (SSSR count). The van der Waals surface area contributed by atoms with Gasteiger partial charge in [0.05, 0.1) is 14.2 Å². The predicted molar refractivity (Wildman–Crippen MR) is 91.7 cm³/mol. The smallest absolute Gasteiger partial charge is 0.275 e. The third kappa shape index (κ3) is 5.51. The van der Waals surface area contributed by atoms with Gasteiger partial charge in [0.1, 0.15) is 6.54 Å². The van der Waals surface area contributed by atoms with Crippen molar-refractivity contribution < 1.29 is 18.8 Å². The maximum atomic E-state index is 13.7. The predicted octanol–water partition coefficient (Wildman–Crippen LogP) is 1.82. The Labute approximate surface area is 146 Å². The summed E-state index contributed by atoms with van der Waals surface area (Å²) in [5.74, 6) is -0.245. The van der Waals surface area contributed by atoms with E-state index in [1.807, 2.05) is 25.2 Å². The van der Waals surface area contributed by atoms with E-state index >= 15 is 0 Å². The zero-order valence-corrected chi connectivity index (χ0v) is 14.5. The first-order valence-corrected chi connectivity index (χ1v) is 8.00. The minimum Gasteiger partial charge on any atom is -0.494 e. The summed E-state index contributed by atoms with van der Waals surface area (Å²) >= 11 is 5.91. The molecule has 0 heterocycles. The Balaban J connectivity index is 1.82. The molecule has 0 aliphatic heterocycles. The summed E-state index contributed by atoms with van der Waals surface area (Å²) in [6, 6.07) is 12.2. The fourth-order valence-electron chi connectivity index (χ4n) is 2.41. The summed E-state index contributed by atoms with van der Waals surface area (Å²) in [6.07, 6.45) is 0. The van der Waals surface area contributed by atoms with Gasteiger partial charge in [0, 0.05) is 17.1 Å². The SMILES string of the molecule is COc1ccc(C[NH+](C)CC(=O)NCc2cccc(Cl)c2)cc1F. The van der Waals surface area contributed by atoms with E-state index in [0.717, 1.165) is 16.0 Å². The number of nitrogens with one attached hydrogen (secondary N) is 2. The number of ether oxygens (including phenoxy) is 1. The molecule has 2 aromatic carbocycles. The van der Waals surface area contributed by atoms with Gasteiger partial charge in [-0.25, -0.2) is 4.39 Å². The van der Waals surface area contributed by atoms with E-state index in [9.17, 15) is 9.18 Å². The maximum Gasteiger partial charge on any atom is 0.275 e. The molecule has 2 N–H and O–H groups in total. The third-order valence-corrected chi connectivity index (χ3v) is 3.80. The summed E-state index contributed by atoms with van der Waals surface area (Å²) in [5.41, 5.74) is 1.76. The fraction of sp³-hybridized carbons (Fsp3) is 0.278. The summed E-state index contributed by atoms with van der Waals surface area (Å²) in [7, 11) is 3.32. The molecule has 0 aliphatic rings. The Hall–Kier alpha value is -2.11. The molecule has 0 aliphatic carbocycles. The van der Waals surface area contributed by atoms with Gasteiger partial charge < -0.3 is 15.0 Å². The number of carbonyl (C=O) groups excluding carboxylic acids is 1. The second-order valence-electron chi connectivity index (χ2n) is 5.69. The molecule has 0 saturated carbocycles. The normalized spacial score (nSPS) is 11.8. The largest absolute Gasteiger partial charge is 0.494 e. The molecule has 4 nitrogen and oxygen atoms in total. The van der Waals surface area contributed by atoms with Crippen molar-refractivity contribution in [2.24, 2.45) is 0 Å². The highest BCUT2D eigenvalue weighted by Gasteiger charge is 2.12. The Kier molecular flexibility index (Phi) is 6.58. The topological polar surface area (TPSA) is 42.8 Å². The molecular formula is C18H21ClFN2O2+. The van der Waals surface area contributed by atoms with Crippen LogP contribution in [0.15, 0.2) is 42.5 Å². The average molecular weight is 352 g/mol. The molecule has 1 amide bonds. The highest BCUT2D eigenvalue weighted by molar-refractivity contribution is 6.30. The Morgan fingerprint density at radius 1 is 1.25 bits per heavy atom. The van der Waals surface area contributed by atoms with Crippen molar-refractivity contribution in [3.63, 3.8) is 0 Å². The highest BCUT2D eigenvalue weighted by atomic mass is 35.5. The van der Waals surface area contributed by atoms with Crippen LogP contribution in [0.2, 0.25) is 5.02 Å². The van der Waals surface area contributed by atoms with Crippen LogP contribution < -0.4 is 15.0 Å². The van der Waals surface area contributed by atoms with Crippen LogP contribution in [0.1, 0.15) is 11.1 Å². The van der Waals surface area contributed by atoms with E-state index in [1.165, 1.54) is 13.2 Å². The first kappa shape index (κ1) is 18.2. The van der Waals surface area contributed by atoms with E-state index in [1.54, 1.807) is 18.2 Å². The van der Waals surface area contributed by atoms with Crippen molar-refractivity contribution in [1.29, 1.82) is 0 Å². The van der Waals surface area contributed by atoms with Gasteiger partial charge in [-0.05, 0) is 35.9 Å². The van der Waals surface area contributed by atoms with Crippen LogP contribution in [0.25, 0.3) is 0 Å². The van der Waals surface area contributed by atoms with Crippen molar-refractivity contribution in [3.05, 3.63) is 64.4 Å². The van der Waals surface area contributed by atoms with Crippen LogP contribution in [-0.4, -0.2) is 26.6 Å². The third-order valence-electron chi connectivity index (χ3n) is 3.56. The fourth-order valence-corrected chi connectivity index (χ4v) is 2.63. The van der Waals surface area contributed by atoms with Crippen molar-refractivity contribution in [3.8, 4) is 5.75 Å². The number of halogens is 2. The number of quaternary nitrogens is 1. The maximum absolute atomic E-state index is 13.7. The minimum atomic E-state index is -0.395. The lowest BCUT2D eigenvalue weighted by molar-refractivity contribution is -0.885. The molecule has 1 atom stereocenters. The number of carbonyl (C=O) groups is 1. The lowest BCUT2D eigenvalue weighted by Gasteiger charge is -2.14. The zero-order valence-electron chi connectivity index (χ0n) is 13.7. The standard InChI is InChI=1S/C18H20ClFN2O2/c1-22(11-14-6-7-17(24-2)16(20)9-14)12-18(23)21-10-13-4-3-5-15(19)8-13/h3-9H,10-12H2,1-2H3,(H,21,23)/p+1. The van der Waals surface area contributed by atoms with E-state index in [4.69, 9.17) is 16.3 Å². The monoisotopic (exact) mass is 351 g/mol. The number of methoxy groups -OCH3 is 1. The van der Waals surface area contributed by atoms with Gasteiger partial charge in [-0.1, -0.05) is 23.7 Å². The lowest BCUT2D eigenvalue weighted by Crippen LogP contribution is -3.08. The van der Waals surface area contributed by atoms with Gasteiger partial charge in [0.2, 0.25) is 0 Å². The van der Waals surface area contributed by atoms with Gasteiger partial charge in [-0.2, -0.15) is 0 Å². The molecule has 0 bridgehead atoms. The first-order valence-electron chi connectivity index (χ1n) is 7.63. The van der Waals surface area contributed by atoms with Crippen LogP contribution in [0.5, 0.6) is 5.75 Å². The van der Waals surface area contributed by atoms with Gasteiger partial charge in [-0.3, -0.25) is 4.79 Å². The Morgan fingerprint density at radius 3 is 2.71 bits per heavy atom. The molecule has 24 heavy (non-hydrogen) atoms. The second kappa shape index (κ2) is 8.66. The highest BCUT2D eigenvalue weighted by Crippen LogP contribution is 2.17. The quantitative estimate of drug-likeness (QED) is 0.799. The number of likely N-dealkylation sites (N-methyl/N-ethyl adjacent to an activating group) is 1. The summed E-state index contributed by atoms with van der Waals surface area (Å²) < 4.78 is 18.6. The van der Waals surface area contributed by atoms with Gasteiger partial charge in [0.15, 0.2) is 18.1 Å². The van der Waals surface area contributed by atoms with Gasteiger partial charge >= 0.3 is 0 Å². The van der Waals surface area contributed by atoms with Gasteiger partial charge in [0.25, 0.3) is 5.91 Å². The molecule has 1 unspecified atom stereocenters. The van der Waals surface area contributed by atoms with Crippen LogP contribution in [0.4, 0.5) is 4.39 Å².